The van der Waals surface area contributed by atoms with Crippen LogP contribution in [-0.2, 0) is 35.3 Å². The number of piperidine rings is 1. The number of likely N-dealkylation sites (tertiary alicyclic amines) is 1. The van der Waals surface area contributed by atoms with Gasteiger partial charge in [-0.05, 0) is 67.6 Å². The van der Waals surface area contributed by atoms with Gasteiger partial charge in [0.2, 0.25) is 23.5 Å². The Kier molecular flexibility index (Phi) is 11.7. The second kappa shape index (κ2) is 14.8. The topological polar surface area (TPSA) is 172 Å². The summed E-state index contributed by atoms with van der Waals surface area (Å²) in [6.07, 6.45) is 0.600. The fourth-order valence-electron chi connectivity index (χ4n) is 6.12. The van der Waals surface area contributed by atoms with Gasteiger partial charge in [0.25, 0.3) is 5.91 Å². The van der Waals surface area contributed by atoms with Crippen molar-refractivity contribution >= 4 is 35.5 Å². The van der Waals surface area contributed by atoms with E-state index in [2.05, 4.69) is 27.8 Å². The third-order valence-electron chi connectivity index (χ3n) is 8.85. The molecule has 0 aromatic heterocycles. The number of carbonyl (C=O) groups excluding carboxylic acids is 6. The molecule has 13 nitrogen and oxygen atoms in total. The number of ketones is 1. The molecule has 1 aliphatic heterocycles. The van der Waals surface area contributed by atoms with Gasteiger partial charge in [0.1, 0.15) is 29.5 Å². The van der Waals surface area contributed by atoms with Gasteiger partial charge in [0, 0.05) is 13.1 Å². The molecule has 264 valence electrons. The molecular weight excluding hydrogens is 618 g/mol. The van der Waals surface area contributed by atoms with Crippen LogP contribution in [0.25, 0.3) is 0 Å². The van der Waals surface area contributed by atoms with Crippen molar-refractivity contribution in [3.8, 4) is 5.75 Å². The van der Waals surface area contributed by atoms with E-state index in [1.165, 1.54) is 11.0 Å². The molecule has 1 aliphatic carbocycles. The summed E-state index contributed by atoms with van der Waals surface area (Å²) >= 11 is 0. The number of benzene rings is 1. The molecule has 1 aromatic carbocycles. The zero-order chi connectivity index (χ0) is 36.2. The summed E-state index contributed by atoms with van der Waals surface area (Å²) in [6.45, 7) is 18.3. The van der Waals surface area contributed by atoms with Crippen molar-refractivity contribution in [1.82, 2.24) is 26.2 Å². The summed E-state index contributed by atoms with van der Waals surface area (Å²) in [5.74, 6) is -3.01. The van der Waals surface area contributed by atoms with Crippen LogP contribution in [0.4, 0.5) is 4.79 Å². The number of alkyl carbamates (subject to hydrolysis) is 1. The largest absolute Gasteiger partial charge is 0.497 e. The summed E-state index contributed by atoms with van der Waals surface area (Å²) in [4.78, 5) is 80.5. The minimum Gasteiger partial charge on any atom is -0.497 e. The fraction of sp³-hybridized carbons (Fsp3) is 0.600. The molecule has 5 atom stereocenters. The molecule has 3 unspecified atom stereocenters. The standard InChI is InChI=1S/C35H51N5O8/c1-11-12-23(27(42)30(44)37-18-24(41)36-17-20-13-15-21(47-10)16-14-20)38-29(43)26-25-22(35(25,8)9)19-40(26)31(45)28(33(2,3)4)39-32(46)48-34(5,6)7/h11,13-16,22-23,25-26,28H,1,12,17-19H2,2-10H3,(H,36,41)(H,37,44)(H,38,43)(H,39,46)/t22?,23?,25?,26-,28+/m0/s1. The molecule has 0 radical (unpaired) electrons. The van der Waals surface area contributed by atoms with E-state index in [1.807, 2.05) is 13.8 Å². The van der Waals surface area contributed by atoms with E-state index >= 15 is 0 Å². The Morgan fingerprint density at radius 2 is 1.62 bits per heavy atom. The van der Waals surface area contributed by atoms with Crippen molar-refractivity contribution in [2.75, 3.05) is 20.2 Å². The van der Waals surface area contributed by atoms with Gasteiger partial charge in [-0.3, -0.25) is 24.0 Å². The molecule has 1 aromatic rings. The number of rotatable bonds is 13. The number of fused-ring (bicyclic) bond motifs is 1. The second-order valence-electron chi connectivity index (χ2n) is 15.1. The van der Waals surface area contributed by atoms with Crippen molar-refractivity contribution < 1.29 is 38.2 Å². The number of ether oxygens (including phenoxy) is 2. The van der Waals surface area contributed by atoms with E-state index < -0.39 is 71.2 Å². The summed E-state index contributed by atoms with van der Waals surface area (Å²) in [6, 6.07) is 3.87. The van der Waals surface area contributed by atoms with Gasteiger partial charge in [-0.15, -0.1) is 6.58 Å². The highest BCUT2D eigenvalue weighted by molar-refractivity contribution is 6.38. The minimum absolute atomic E-state index is 0.0348. The molecule has 4 N–H and O–H groups in total. The number of hydrogen-bond donors (Lipinski definition) is 4. The molecule has 2 fully saturated rings. The SMILES string of the molecule is C=CCC(NC(=O)[C@@H]1C2C(CN1C(=O)[C@@H](NC(=O)OC(C)(C)C)C(C)(C)C)C2(C)C)C(=O)C(=O)NCC(=O)NCc1ccc(OC)cc1. The Morgan fingerprint density at radius 3 is 2.17 bits per heavy atom. The Bertz CT molecular complexity index is 1410. The molecule has 48 heavy (non-hydrogen) atoms. The zero-order valence-electron chi connectivity index (χ0n) is 29.5. The van der Waals surface area contributed by atoms with Crippen LogP contribution >= 0.6 is 0 Å². The maximum absolute atomic E-state index is 14.0. The number of nitrogens with one attached hydrogen (secondary N) is 4. The van der Waals surface area contributed by atoms with E-state index in [4.69, 9.17) is 9.47 Å². The maximum Gasteiger partial charge on any atom is 0.408 e. The van der Waals surface area contributed by atoms with Crippen LogP contribution in [0.1, 0.15) is 67.4 Å². The molecule has 1 saturated heterocycles. The summed E-state index contributed by atoms with van der Waals surface area (Å²) in [5.41, 5.74) is -0.923. The van der Waals surface area contributed by atoms with Crippen LogP contribution in [0.2, 0.25) is 0 Å². The Hall–Kier alpha value is -4.42. The molecule has 0 bridgehead atoms. The lowest BCUT2D eigenvalue weighted by atomic mass is 9.85. The predicted octanol–water partition coefficient (Wildman–Crippen LogP) is 2.48. The Labute approximate surface area is 282 Å². The van der Waals surface area contributed by atoms with E-state index in [0.29, 0.717) is 12.3 Å². The third kappa shape index (κ3) is 9.35. The average molecular weight is 670 g/mol. The molecule has 2 aliphatic rings. The normalized spacial score (nSPS) is 20.7. The fourth-order valence-corrected chi connectivity index (χ4v) is 6.12. The predicted molar refractivity (Wildman–Crippen MR) is 178 cm³/mol. The van der Waals surface area contributed by atoms with Crippen molar-refractivity contribution in [3.63, 3.8) is 0 Å². The highest BCUT2D eigenvalue weighted by Gasteiger charge is 2.70. The monoisotopic (exact) mass is 669 g/mol. The van der Waals surface area contributed by atoms with E-state index in [0.717, 1.165) is 5.56 Å². The lowest BCUT2D eigenvalue weighted by molar-refractivity contribution is -0.145. The van der Waals surface area contributed by atoms with Crippen LogP contribution in [-0.4, -0.2) is 84.3 Å². The van der Waals surface area contributed by atoms with Gasteiger partial charge in [0.05, 0.1) is 13.7 Å². The van der Waals surface area contributed by atoms with Crippen molar-refractivity contribution in [2.24, 2.45) is 22.7 Å². The third-order valence-corrected chi connectivity index (χ3v) is 8.85. The first kappa shape index (κ1) is 38.0. The Morgan fingerprint density at radius 1 is 1.00 bits per heavy atom. The van der Waals surface area contributed by atoms with Crippen molar-refractivity contribution in [3.05, 3.63) is 42.5 Å². The van der Waals surface area contributed by atoms with Gasteiger partial charge >= 0.3 is 6.09 Å². The van der Waals surface area contributed by atoms with E-state index in [-0.39, 0.29) is 30.2 Å². The van der Waals surface area contributed by atoms with E-state index in [9.17, 15) is 28.8 Å². The van der Waals surface area contributed by atoms with Crippen molar-refractivity contribution in [1.29, 1.82) is 0 Å². The number of methoxy groups -OCH3 is 1. The maximum atomic E-state index is 14.0. The van der Waals surface area contributed by atoms with Crippen LogP contribution in [0.5, 0.6) is 5.75 Å². The highest BCUT2D eigenvalue weighted by Crippen LogP contribution is 2.65. The van der Waals surface area contributed by atoms with Crippen LogP contribution in [0, 0.1) is 22.7 Å². The smallest absolute Gasteiger partial charge is 0.408 e. The molecule has 13 heteroatoms. The molecule has 5 amide bonds. The molecule has 1 saturated carbocycles. The molecule has 3 rings (SSSR count). The number of carbonyl (C=O) groups is 6. The average Bonchev–Trinajstić information content (AvgIpc) is 3.31. The number of nitrogens with zero attached hydrogens (tertiary/aromatic N) is 1. The first-order chi connectivity index (χ1) is 22.2. The first-order valence-corrected chi connectivity index (χ1v) is 16.1. The number of Topliss-reactive ketones (excluding diaryl/α,β-unsaturated/α-hetero) is 1. The lowest BCUT2D eigenvalue weighted by Crippen LogP contribution is -2.60. The first-order valence-electron chi connectivity index (χ1n) is 16.1. The van der Waals surface area contributed by atoms with Crippen LogP contribution in [0.15, 0.2) is 36.9 Å². The van der Waals surface area contributed by atoms with E-state index in [1.54, 1.807) is 72.9 Å². The highest BCUT2D eigenvalue weighted by atomic mass is 16.6. The molecular formula is C35H51N5O8. The lowest BCUT2D eigenvalue weighted by Gasteiger charge is -2.38. The molecule has 1 heterocycles. The minimum atomic E-state index is -1.27. The van der Waals surface area contributed by atoms with Gasteiger partial charge < -0.3 is 35.6 Å². The summed E-state index contributed by atoms with van der Waals surface area (Å²) in [7, 11) is 1.55. The zero-order valence-corrected chi connectivity index (χ0v) is 29.5. The second-order valence-corrected chi connectivity index (χ2v) is 15.1. The quantitative estimate of drug-likeness (QED) is 0.183. The summed E-state index contributed by atoms with van der Waals surface area (Å²) < 4.78 is 10.5. The van der Waals surface area contributed by atoms with Crippen LogP contribution < -0.4 is 26.0 Å². The Balaban J connectivity index is 1.68. The van der Waals surface area contributed by atoms with Gasteiger partial charge in [-0.1, -0.05) is 52.8 Å². The van der Waals surface area contributed by atoms with Gasteiger partial charge in [0.15, 0.2) is 0 Å². The summed E-state index contributed by atoms with van der Waals surface area (Å²) in [5, 5.41) is 10.4. The molecule has 0 spiro atoms. The number of hydrogen-bond acceptors (Lipinski definition) is 8. The number of amides is 5. The van der Waals surface area contributed by atoms with Crippen molar-refractivity contribution in [2.45, 2.75) is 92.1 Å². The van der Waals surface area contributed by atoms with Crippen LogP contribution in [0.3, 0.4) is 0 Å². The van der Waals surface area contributed by atoms with Gasteiger partial charge in [-0.2, -0.15) is 0 Å². The van der Waals surface area contributed by atoms with Gasteiger partial charge in [-0.25, -0.2) is 4.79 Å².